The fourth-order valence-corrected chi connectivity index (χ4v) is 4.43. The van der Waals surface area contributed by atoms with Gasteiger partial charge in [-0.05, 0) is 49.4 Å². The van der Waals surface area contributed by atoms with Crippen molar-refractivity contribution < 1.29 is 27.4 Å². The summed E-state index contributed by atoms with van der Waals surface area (Å²) in [6, 6.07) is 19.2. The van der Waals surface area contributed by atoms with E-state index in [4.69, 9.17) is 21.1 Å². The molecule has 4 aromatic rings. The van der Waals surface area contributed by atoms with Crippen LogP contribution in [0.4, 0.5) is 18.9 Å². The van der Waals surface area contributed by atoms with E-state index in [1.807, 2.05) is 37.3 Å². The van der Waals surface area contributed by atoms with Crippen molar-refractivity contribution in [1.82, 2.24) is 14.8 Å². The molecule has 0 saturated heterocycles. The highest BCUT2D eigenvalue weighted by molar-refractivity contribution is 7.99. The largest absolute Gasteiger partial charge is 0.497 e. The van der Waals surface area contributed by atoms with Crippen LogP contribution in [-0.4, -0.2) is 33.5 Å². The number of aromatic nitrogens is 3. The van der Waals surface area contributed by atoms with Crippen molar-refractivity contribution in [2.45, 2.75) is 24.4 Å². The van der Waals surface area contributed by atoms with Crippen LogP contribution in [0.3, 0.4) is 0 Å². The summed E-state index contributed by atoms with van der Waals surface area (Å²) in [6.45, 7) is 1.82. The lowest BCUT2D eigenvalue weighted by atomic mass is 10.2. The molecule has 12 heteroatoms. The molecule has 7 nitrogen and oxygen atoms in total. The summed E-state index contributed by atoms with van der Waals surface area (Å²) in [5, 5.41) is 11.4. The van der Waals surface area contributed by atoms with Gasteiger partial charge in [-0.2, -0.15) is 13.2 Å². The van der Waals surface area contributed by atoms with Crippen LogP contribution in [0.5, 0.6) is 11.5 Å². The standard InChI is InChI=1S/C26H22ClF3N4O3S/c1-16(37-20-10-6-9-19(14-20)36-2)24-32-33-25(34(24)18-7-4-3-5-8-18)38-15-23(35)31-22-13-17(26(28,29)30)11-12-21(22)27/h3-14,16H,15H2,1-2H3,(H,31,35). The molecule has 1 unspecified atom stereocenters. The molecule has 0 fully saturated rings. The highest BCUT2D eigenvalue weighted by atomic mass is 35.5. The van der Waals surface area contributed by atoms with E-state index >= 15 is 0 Å². The van der Waals surface area contributed by atoms with E-state index in [0.29, 0.717) is 22.5 Å². The van der Waals surface area contributed by atoms with E-state index in [1.165, 1.54) is 0 Å². The molecule has 3 aromatic carbocycles. The third kappa shape index (κ3) is 6.59. The molecule has 4 rings (SSSR count). The number of nitrogens with one attached hydrogen (secondary N) is 1. The van der Waals surface area contributed by atoms with Crippen molar-refractivity contribution in [2.24, 2.45) is 0 Å². The van der Waals surface area contributed by atoms with Crippen LogP contribution in [0.15, 0.2) is 78.0 Å². The number of rotatable bonds is 9. The van der Waals surface area contributed by atoms with Crippen LogP contribution in [0, 0.1) is 0 Å². The maximum atomic E-state index is 13.1. The molecular formula is C26H22ClF3N4O3S. The number of carbonyl (C=O) groups excluding carboxylic acids is 1. The number of anilines is 1. The van der Waals surface area contributed by atoms with Gasteiger partial charge >= 0.3 is 6.18 Å². The average molecular weight is 563 g/mol. The quantitative estimate of drug-likeness (QED) is 0.226. The molecule has 0 bridgehead atoms. The molecule has 0 aliphatic heterocycles. The lowest BCUT2D eigenvalue weighted by Crippen LogP contribution is -2.16. The topological polar surface area (TPSA) is 78.3 Å². The number of para-hydroxylation sites is 1. The Morgan fingerprint density at radius 3 is 2.50 bits per heavy atom. The minimum Gasteiger partial charge on any atom is -0.497 e. The summed E-state index contributed by atoms with van der Waals surface area (Å²) in [5.41, 5.74) is -0.293. The Hall–Kier alpha value is -3.70. The number of hydrogen-bond acceptors (Lipinski definition) is 6. The highest BCUT2D eigenvalue weighted by Crippen LogP contribution is 2.34. The SMILES string of the molecule is COc1cccc(OC(C)c2nnc(SCC(=O)Nc3cc(C(F)(F)F)ccc3Cl)n2-c2ccccc2)c1. The van der Waals surface area contributed by atoms with Crippen molar-refractivity contribution in [1.29, 1.82) is 0 Å². The maximum absolute atomic E-state index is 13.1. The summed E-state index contributed by atoms with van der Waals surface area (Å²) in [5.74, 6) is 1.00. The number of thioether (sulfide) groups is 1. The maximum Gasteiger partial charge on any atom is 0.416 e. The summed E-state index contributed by atoms with van der Waals surface area (Å²) in [6.07, 6.45) is -5.09. The van der Waals surface area contributed by atoms with Crippen LogP contribution in [0.1, 0.15) is 24.4 Å². The zero-order valence-corrected chi connectivity index (χ0v) is 21.8. The molecular weight excluding hydrogens is 541 g/mol. The third-order valence-electron chi connectivity index (χ3n) is 5.29. The monoisotopic (exact) mass is 562 g/mol. The smallest absolute Gasteiger partial charge is 0.416 e. The molecule has 0 aliphatic rings. The van der Waals surface area contributed by atoms with Gasteiger partial charge in [-0.1, -0.05) is 47.6 Å². The van der Waals surface area contributed by atoms with E-state index in [-0.39, 0.29) is 16.5 Å². The van der Waals surface area contributed by atoms with E-state index in [1.54, 1.807) is 35.9 Å². The van der Waals surface area contributed by atoms with Gasteiger partial charge in [0.25, 0.3) is 0 Å². The number of amides is 1. The van der Waals surface area contributed by atoms with Crippen LogP contribution >= 0.6 is 23.4 Å². The average Bonchev–Trinajstić information content (AvgIpc) is 3.33. The number of ether oxygens (including phenoxy) is 2. The van der Waals surface area contributed by atoms with Gasteiger partial charge in [0.1, 0.15) is 11.5 Å². The number of hydrogen-bond donors (Lipinski definition) is 1. The normalized spacial score (nSPS) is 12.2. The van der Waals surface area contributed by atoms with Gasteiger partial charge in [0.05, 0.1) is 29.1 Å². The molecule has 1 heterocycles. The van der Waals surface area contributed by atoms with Crippen molar-refractivity contribution in [2.75, 3.05) is 18.2 Å². The van der Waals surface area contributed by atoms with Crippen LogP contribution < -0.4 is 14.8 Å². The van der Waals surface area contributed by atoms with Gasteiger partial charge in [-0.15, -0.1) is 10.2 Å². The Balaban J connectivity index is 1.54. The van der Waals surface area contributed by atoms with Gasteiger partial charge < -0.3 is 14.8 Å². The van der Waals surface area contributed by atoms with Crippen molar-refractivity contribution in [3.8, 4) is 17.2 Å². The van der Waals surface area contributed by atoms with Crippen molar-refractivity contribution >= 4 is 35.0 Å². The zero-order chi connectivity index (χ0) is 27.3. The second-order valence-electron chi connectivity index (χ2n) is 7.98. The summed E-state index contributed by atoms with van der Waals surface area (Å²) in [4.78, 5) is 12.6. The first-order valence-corrected chi connectivity index (χ1v) is 12.6. The van der Waals surface area contributed by atoms with Gasteiger partial charge in [0, 0.05) is 11.8 Å². The number of carbonyl (C=O) groups is 1. The van der Waals surface area contributed by atoms with Crippen molar-refractivity contribution in [3.05, 3.63) is 89.2 Å². The summed E-state index contributed by atoms with van der Waals surface area (Å²) >= 11 is 7.07. The van der Waals surface area contributed by atoms with Crippen LogP contribution in [-0.2, 0) is 11.0 Å². The fourth-order valence-electron chi connectivity index (χ4n) is 3.50. The Bertz CT molecular complexity index is 1420. The zero-order valence-electron chi connectivity index (χ0n) is 20.2. The number of halogens is 4. The van der Waals surface area contributed by atoms with E-state index in [2.05, 4.69) is 15.5 Å². The predicted octanol–water partition coefficient (Wildman–Crippen LogP) is 6.82. The van der Waals surface area contributed by atoms with Gasteiger partial charge in [-0.25, -0.2) is 0 Å². The van der Waals surface area contributed by atoms with E-state index in [9.17, 15) is 18.0 Å². The minimum absolute atomic E-state index is 0.00500. The molecule has 0 aliphatic carbocycles. The molecule has 0 radical (unpaired) electrons. The number of benzene rings is 3. The molecule has 1 aromatic heterocycles. The van der Waals surface area contributed by atoms with Crippen LogP contribution in [0.25, 0.3) is 5.69 Å². The number of nitrogens with zero attached hydrogens (tertiary/aromatic N) is 3. The Labute approximate surface area is 225 Å². The summed E-state index contributed by atoms with van der Waals surface area (Å²) < 4.78 is 52.3. The molecule has 0 spiro atoms. The Morgan fingerprint density at radius 2 is 1.79 bits per heavy atom. The summed E-state index contributed by atoms with van der Waals surface area (Å²) in [7, 11) is 1.56. The highest BCUT2D eigenvalue weighted by Gasteiger charge is 2.31. The van der Waals surface area contributed by atoms with Gasteiger partial charge in [-0.3, -0.25) is 9.36 Å². The molecule has 1 amide bonds. The van der Waals surface area contributed by atoms with Gasteiger partial charge in [0.15, 0.2) is 17.1 Å². The first-order chi connectivity index (χ1) is 18.2. The molecule has 1 atom stereocenters. The minimum atomic E-state index is -4.56. The first-order valence-electron chi connectivity index (χ1n) is 11.3. The Kier molecular flexibility index (Phi) is 8.48. The van der Waals surface area contributed by atoms with E-state index in [0.717, 1.165) is 35.6 Å². The van der Waals surface area contributed by atoms with Crippen LogP contribution in [0.2, 0.25) is 5.02 Å². The second-order valence-corrected chi connectivity index (χ2v) is 9.33. The first kappa shape index (κ1) is 27.3. The fraction of sp³-hybridized carbons (Fsp3) is 0.192. The Morgan fingerprint density at radius 1 is 1.05 bits per heavy atom. The van der Waals surface area contributed by atoms with Crippen molar-refractivity contribution in [3.63, 3.8) is 0 Å². The molecule has 38 heavy (non-hydrogen) atoms. The van der Waals surface area contributed by atoms with E-state index < -0.39 is 23.8 Å². The lowest BCUT2D eigenvalue weighted by molar-refractivity contribution is -0.137. The number of alkyl halides is 3. The lowest BCUT2D eigenvalue weighted by Gasteiger charge is -2.17. The third-order valence-corrected chi connectivity index (χ3v) is 6.55. The number of methoxy groups -OCH3 is 1. The molecule has 1 N–H and O–H groups in total. The second kappa shape index (κ2) is 11.8. The molecule has 0 saturated carbocycles. The predicted molar refractivity (Wildman–Crippen MR) is 139 cm³/mol. The van der Waals surface area contributed by atoms with Gasteiger partial charge in [0.2, 0.25) is 5.91 Å². The molecule has 198 valence electrons.